The fourth-order valence-electron chi connectivity index (χ4n) is 2.78. The zero-order chi connectivity index (χ0) is 18.4. The molecule has 26 heavy (non-hydrogen) atoms. The molecule has 1 saturated carbocycles. The molecule has 0 aliphatic heterocycles. The molecule has 10 heteroatoms. The van der Waals surface area contributed by atoms with E-state index in [9.17, 15) is 14.4 Å². The topological polar surface area (TPSA) is 119 Å². The van der Waals surface area contributed by atoms with Gasteiger partial charge in [-0.25, -0.2) is 14.8 Å². The van der Waals surface area contributed by atoms with Gasteiger partial charge in [0, 0.05) is 18.0 Å². The summed E-state index contributed by atoms with van der Waals surface area (Å²) in [6, 6.07) is 1.22. The van der Waals surface area contributed by atoms with Gasteiger partial charge in [0.05, 0.1) is 24.5 Å². The number of carbonyl (C=O) groups is 2. The van der Waals surface area contributed by atoms with Crippen LogP contribution in [0.3, 0.4) is 0 Å². The molecular weight excluding hydrogens is 358 g/mol. The Labute approximate surface area is 151 Å². The lowest BCUT2D eigenvalue weighted by molar-refractivity contribution is 0.0593. The highest BCUT2D eigenvalue weighted by atomic mass is 32.1. The van der Waals surface area contributed by atoms with Crippen molar-refractivity contribution in [1.82, 2.24) is 19.5 Å². The van der Waals surface area contributed by atoms with Crippen molar-refractivity contribution in [2.24, 2.45) is 7.05 Å². The zero-order valence-electron chi connectivity index (χ0n) is 14.0. The first-order chi connectivity index (χ1) is 12.5. The number of ether oxygens (including phenoxy) is 1. The summed E-state index contributed by atoms with van der Waals surface area (Å²) >= 11 is 1.26. The van der Waals surface area contributed by atoms with Crippen molar-refractivity contribution < 1.29 is 14.3 Å². The molecule has 1 fully saturated rings. The Morgan fingerprint density at radius 3 is 2.88 bits per heavy atom. The predicted molar refractivity (Wildman–Crippen MR) is 94.7 cm³/mol. The van der Waals surface area contributed by atoms with Gasteiger partial charge in [-0.1, -0.05) is 0 Å². The lowest BCUT2D eigenvalue weighted by atomic mass is 10.2. The average molecular weight is 373 g/mol. The molecule has 4 rings (SSSR count). The molecule has 0 radical (unpaired) electrons. The van der Waals surface area contributed by atoms with Crippen molar-refractivity contribution in [3.63, 3.8) is 0 Å². The third kappa shape index (κ3) is 2.77. The molecule has 2 N–H and O–H groups in total. The summed E-state index contributed by atoms with van der Waals surface area (Å²) in [5.74, 6) is -0.721. The van der Waals surface area contributed by atoms with Gasteiger partial charge in [0.15, 0.2) is 16.5 Å². The van der Waals surface area contributed by atoms with Crippen LogP contribution in [0, 0.1) is 0 Å². The van der Waals surface area contributed by atoms with Gasteiger partial charge in [0.25, 0.3) is 5.91 Å². The number of anilines is 1. The molecule has 3 aromatic rings. The maximum absolute atomic E-state index is 12.7. The average Bonchev–Trinajstić information content (AvgIpc) is 3.28. The van der Waals surface area contributed by atoms with Crippen LogP contribution in [0.15, 0.2) is 17.2 Å². The third-order valence-electron chi connectivity index (χ3n) is 4.15. The minimum Gasteiger partial charge on any atom is -0.464 e. The number of thiazole rings is 1. The summed E-state index contributed by atoms with van der Waals surface area (Å²) in [7, 11) is 3.03. The van der Waals surface area contributed by atoms with Gasteiger partial charge in [-0.15, -0.1) is 11.3 Å². The summed E-state index contributed by atoms with van der Waals surface area (Å²) in [5, 5.41) is 2.98. The van der Waals surface area contributed by atoms with Gasteiger partial charge < -0.3 is 14.3 Å². The Kier molecular flexibility index (Phi) is 3.83. The zero-order valence-corrected chi connectivity index (χ0v) is 14.8. The van der Waals surface area contributed by atoms with Crippen molar-refractivity contribution in [3.05, 3.63) is 38.9 Å². The number of aromatic nitrogens is 4. The van der Waals surface area contributed by atoms with E-state index in [1.807, 2.05) is 0 Å². The second-order valence-corrected chi connectivity index (χ2v) is 7.08. The van der Waals surface area contributed by atoms with Crippen LogP contribution in [0.2, 0.25) is 0 Å². The number of aryl methyl sites for hydroxylation is 1. The van der Waals surface area contributed by atoms with Crippen LogP contribution < -0.4 is 10.9 Å². The molecular formula is C16H15N5O4S. The highest BCUT2D eigenvalue weighted by Gasteiger charge is 2.32. The first-order valence-corrected chi connectivity index (χ1v) is 8.74. The Bertz CT molecular complexity index is 1090. The van der Waals surface area contributed by atoms with E-state index in [1.54, 1.807) is 11.6 Å². The molecule has 9 nitrogen and oxygen atoms in total. The van der Waals surface area contributed by atoms with Gasteiger partial charge in [0.1, 0.15) is 0 Å². The number of carbonyl (C=O) groups excluding carboxylic acids is 2. The first kappa shape index (κ1) is 16.5. The summed E-state index contributed by atoms with van der Waals surface area (Å²) in [4.78, 5) is 48.1. The van der Waals surface area contributed by atoms with Crippen molar-refractivity contribution in [3.8, 4) is 0 Å². The summed E-state index contributed by atoms with van der Waals surface area (Å²) in [6.07, 6.45) is 3.49. The van der Waals surface area contributed by atoms with Crippen LogP contribution in [-0.4, -0.2) is 38.5 Å². The fourth-order valence-corrected chi connectivity index (χ4v) is 3.90. The van der Waals surface area contributed by atoms with Crippen LogP contribution >= 0.6 is 11.3 Å². The first-order valence-electron chi connectivity index (χ1n) is 7.92. The number of aromatic amines is 1. The normalized spacial score (nSPS) is 13.8. The highest BCUT2D eigenvalue weighted by molar-refractivity contribution is 7.16. The highest BCUT2D eigenvalue weighted by Crippen LogP contribution is 2.45. The number of H-pyrrole nitrogens is 1. The van der Waals surface area contributed by atoms with Crippen molar-refractivity contribution in [1.29, 1.82) is 0 Å². The lowest BCUT2D eigenvalue weighted by Crippen LogP contribution is -2.17. The number of nitrogens with one attached hydrogen (secondary N) is 2. The number of imidazole rings is 1. The Balaban J connectivity index is 1.70. The molecule has 0 atom stereocenters. The Hall–Kier alpha value is -3.01. The van der Waals surface area contributed by atoms with E-state index in [-0.39, 0.29) is 17.2 Å². The van der Waals surface area contributed by atoms with Crippen LogP contribution in [0.5, 0.6) is 0 Å². The monoisotopic (exact) mass is 373 g/mol. The van der Waals surface area contributed by atoms with Crippen molar-refractivity contribution in [2.75, 3.05) is 12.4 Å². The van der Waals surface area contributed by atoms with Gasteiger partial charge in [-0.3, -0.25) is 14.9 Å². The molecule has 0 aromatic carbocycles. The predicted octanol–water partition coefficient (Wildman–Crippen LogP) is 1.63. The molecule has 134 valence electrons. The van der Waals surface area contributed by atoms with Crippen molar-refractivity contribution in [2.45, 2.75) is 18.8 Å². The molecule has 0 spiro atoms. The van der Waals surface area contributed by atoms with Gasteiger partial charge in [0.2, 0.25) is 5.56 Å². The van der Waals surface area contributed by atoms with E-state index in [0.717, 1.165) is 17.7 Å². The minimum absolute atomic E-state index is 0.187. The number of hydrogen-bond donors (Lipinski definition) is 2. The number of amides is 1. The summed E-state index contributed by atoms with van der Waals surface area (Å²) in [5.41, 5.74) is 0.848. The molecule has 3 aromatic heterocycles. The largest absolute Gasteiger partial charge is 0.464 e. The van der Waals surface area contributed by atoms with E-state index in [0.29, 0.717) is 16.3 Å². The maximum Gasteiger partial charge on any atom is 0.357 e. The van der Waals surface area contributed by atoms with E-state index >= 15 is 0 Å². The quantitative estimate of drug-likeness (QED) is 0.671. The van der Waals surface area contributed by atoms with Gasteiger partial charge >= 0.3 is 5.97 Å². The third-order valence-corrected chi connectivity index (χ3v) is 5.29. The Morgan fingerprint density at radius 1 is 1.42 bits per heavy atom. The number of methoxy groups -OCH3 is 1. The van der Waals surface area contributed by atoms with Crippen molar-refractivity contribution >= 4 is 39.5 Å². The van der Waals surface area contributed by atoms with E-state index in [2.05, 4.69) is 20.3 Å². The van der Waals surface area contributed by atoms with E-state index < -0.39 is 17.4 Å². The SMILES string of the molecule is COC(=O)c1nc(NC(=O)c2cc(=O)[nH]c3ncn(C)c23)sc1C1CC1. The van der Waals surface area contributed by atoms with Gasteiger partial charge in [-0.2, -0.15) is 0 Å². The minimum atomic E-state index is -0.520. The lowest BCUT2D eigenvalue weighted by Gasteiger charge is -2.04. The number of esters is 1. The van der Waals surface area contributed by atoms with Crippen LogP contribution in [-0.2, 0) is 11.8 Å². The number of fused-ring (bicyclic) bond motifs is 1. The number of rotatable bonds is 4. The summed E-state index contributed by atoms with van der Waals surface area (Å²) < 4.78 is 6.42. The van der Waals surface area contributed by atoms with E-state index in [4.69, 9.17) is 4.74 Å². The molecule has 1 aliphatic rings. The summed E-state index contributed by atoms with van der Waals surface area (Å²) in [6.45, 7) is 0. The molecule has 1 amide bonds. The Morgan fingerprint density at radius 2 is 2.19 bits per heavy atom. The molecule has 0 saturated heterocycles. The second kappa shape index (κ2) is 6.06. The van der Waals surface area contributed by atoms with Crippen LogP contribution in [0.1, 0.15) is 44.5 Å². The van der Waals surface area contributed by atoms with Crippen LogP contribution in [0.4, 0.5) is 5.13 Å². The van der Waals surface area contributed by atoms with Crippen LogP contribution in [0.25, 0.3) is 11.2 Å². The maximum atomic E-state index is 12.7. The molecule has 1 aliphatic carbocycles. The number of nitrogens with zero attached hydrogens (tertiary/aromatic N) is 3. The molecule has 0 bridgehead atoms. The van der Waals surface area contributed by atoms with E-state index in [1.165, 1.54) is 30.8 Å². The smallest absolute Gasteiger partial charge is 0.357 e. The number of pyridine rings is 1. The fraction of sp³-hybridized carbons (Fsp3) is 0.312. The number of hydrogen-bond acceptors (Lipinski definition) is 7. The standard InChI is InChI=1S/C16H15N5O4S/c1-21-6-17-13-11(21)8(5-9(22)18-13)14(23)20-16-19-10(15(24)25-2)12(26-16)7-3-4-7/h5-7H,3-4H2,1-2H3,(H,18,22)(H,19,20,23). The molecule has 0 unspecified atom stereocenters. The second-order valence-electron chi connectivity index (χ2n) is 6.05. The molecule has 3 heterocycles. The van der Waals surface area contributed by atoms with Gasteiger partial charge in [-0.05, 0) is 18.8 Å².